The SMILES string of the molecule is CC1=NSN[C@H]1C. The molecular weight excluding hydrogens is 108 g/mol. The van der Waals surface area contributed by atoms with Crippen molar-refractivity contribution in [2.75, 3.05) is 0 Å². The van der Waals surface area contributed by atoms with Crippen molar-refractivity contribution < 1.29 is 0 Å². The van der Waals surface area contributed by atoms with E-state index in [4.69, 9.17) is 0 Å². The fourth-order valence-corrected chi connectivity index (χ4v) is 1.03. The van der Waals surface area contributed by atoms with E-state index in [-0.39, 0.29) is 0 Å². The van der Waals surface area contributed by atoms with Gasteiger partial charge in [0.25, 0.3) is 0 Å². The number of nitrogens with one attached hydrogen (secondary N) is 1. The Kier molecular flexibility index (Phi) is 1.35. The third kappa shape index (κ3) is 0.951. The molecule has 0 aromatic rings. The minimum absolute atomic E-state index is 0.477. The summed E-state index contributed by atoms with van der Waals surface area (Å²) in [4.78, 5) is 0. The summed E-state index contributed by atoms with van der Waals surface area (Å²) >= 11 is 1.43. The summed E-state index contributed by atoms with van der Waals surface area (Å²) < 4.78 is 7.12. The summed E-state index contributed by atoms with van der Waals surface area (Å²) in [6.45, 7) is 4.12. The second-order valence-electron chi connectivity index (χ2n) is 1.66. The van der Waals surface area contributed by atoms with Gasteiger partial charge in [0.15, 0.2) is 0 Å². The van der Waals surface area contributed by atoms with Crippen molar-refractivity contribution in [2.45, 2.75) is 19.9 Å². The van der Waals surface area contributed by atoms with Crippen LogP contribution in [0.4, 0.5) is 0 Å². The van der Waals surface area contributed by atoms with E-state index < -0.39 is 0 Å². The second kappa shape index (κ2) is 1.84. The molecule has 0 aromatic carbocycles. The summed E-state index contributed by atoms with van der Waals surface area (Å²) in [6, 6.07) is 0.477. The molecule has 0 amide bonds. The van der Waals surface area contributed by atoms with Crippen LogP contribution in [-0.4, -0.2) is 11.8 Å². The zero-order chi connectivity index (χ0) is 5.28. The Morgan fingerprint density at radius 1 is 1.86 bits per heavy atom. The van der Waals surface area contributed by atoms with Gasteiger partial charge in [0.05, 0.1) is 18.2 Å². The first-order valence-electron chi connectivity index (χ1n) is 2.27. The van der Waals surface area contributed by atoms with Gasteiger partial charge in [-0.15, -0.1) is 0 Å². The van der Waals surface area contributed by atoms with Gasteiger partial charge in [0.1, 0.15) is 0 Å². The van der Waals surface area contributed by atoms with Crippen molar-refractivity contribution in [2.24, 2.45) is 4.40 Å². The van der Waals surface area contributed by atoms with E-state index >= 15 is 0 Å². The van der Waals surface area contributed by atoms with Crippen LogP contribution >= 0.6 is 12.1 Å². The highest BCUT2D eigenvalue weighted by atomic mass is 32.2. The zero-order valence-electron chi connectivity index (χ0n) is 4.43. The van der Waals surface area contributed by atoms with Gasteiger partial charge in [0, 0.05) is 5.71 Å². The fourth-order valence-electron chi connectivity index (χ4n) is 0.342. The standard InChI is InChI=1S/C4H8N2S/c1-3-4(2)6-7-5-3/h3,5H,1-2H3/t3-/m0/s1. The Morgan fingerprint density at radius 2 is 2.57 bits per heavy atom. The number of hydrogen-bond donors (Lipinski definition) is 1. The van der Waals surface area contributed by atoms with E-state index in [1.807, 2.05) is 6.92 Å². The first kappa shape index (κ1) is 5.12. The molecule has 1 N–H and O–H groups in total. The molecular formula is C4H8N2S. The molecule has 0 radical (unpaired) electrons. The van der Waals surface area contributed by atoms with Crippen molar-refractivity contribution in [1.29, 1.82) is 0 Å². The molecule has 0 saturated carbocycles. The van der Waals surface area contributed by atoms with Crippen LogP contribution in [0.25, 0.3) is 0 Å². The molecule has 2 nitrogen and oxygen atoms in total. The van der Waals surface area contributed by atoms with E-state index in [1.165, 1.54) is 17.8 Å². The minimum atomic E-state index is 0.477. The monoisotopic (exact) mass is 116 g/mol. The highest BCUT2D eigenvalue weighted by Gasteiger charge is 2.09. The van der Waals surface area contributed by atoms with Crippen LogP contribution in [0.1, 0.15) is 13.8 Å². The summed E-state index contributed by atoms with van der Waals surface area (Å²) in [5.41, 5.74) is 1.19. The van der Waals surface area contributed by atoms with Crippen molar-refractivity contribution in [3.8, 4) is 0 Å². The van der Waals surface area contributed by atoms with Gasteiger partial charge in [0.2, 0.25) is 0 Å². The lowest BCUT2D eigenvalue weighted by Crippen LogP contribution is -2.20. The van der Waals surface area contributed by atoms with Crippen LogP contribution in [0.2, 0.25) is 0 Å². The van der Waals surface area contributed by atoms with Crippen LogP contribution < -0.4 is 4.72 Å². The lowest BCUT2D eigenvalue weighted by Gasteiger charge is -1.96. The molecule has 3 heteroatoms. The van der Waals surface area contributed by atoms with E-state index in [9.17, 15) is 0 Å². The molecule has 0 unspecified atom stereocenters. The van der Waals surface area contributed by atoms with Crippen molar-refractivity contribution in [1.82, 2.24) is 4.72 Å². The molecule has 0 saturated heterocycles. The van der Waals surface area contributed by atoms with E-state index in [1.54, 1.807) is 0 Å². The Hall–Kier alpha value is -0.0200. The van der Waals surface area contributed by atoms with Gasteiger partial charge in [-0.25, -0.2) is 9.12 Å². The summed E-state index contributed by atoms with van der Waals surface area (Å²) in [5.74, 6) is 0. The zero-order valence-corrected chi connectivity index (χ0v) is 5.25. The number of hydrogen-bond acceptors (Lipinski definition) is 3. The van der Waals surface area contributed by atoms with Gasteiger partial charge in [-0.05, 0) is 13.8 Å². The average molecular weight is 116 g/mol. The van der Waals surface area contributed by atoms with Crippen molar-refractivity contribution in [3.05, 3.63) is 0 Å². The normalized spacial score (nSPS) is 30.6. The molecule has 1 aliphatic rings. The quantitative estimate of drug-likeness (QED) is 0.477. The Bertz CT molecular complexity index is 99.9. The molecule has 0 bridgehead atoms. The fraction of sp³-hybridized carbons (Fsp3) is 0.750. The topological polar surface area (TPSA) is 24.4 Å². The summed E-state index contributed by atoms with van der Waals surface area (Å²) in [5, 5.41) is 0. The molecule has 1 rings (SSSR count). The molecule has 1 aliphatic heterocycles. The van der Waals surface area contributed by atoms with Crippen LogP contribution in [0, 0.1) is 0 Å². The van der Waals surface area contributed by atoms with Crippen molar-refractivity contribution >= 4 is 17.8 Å². The molecule has 0 aliphatic carbocycles. The first-order chi connectivity index (χ1) is 3.30. The maximum atomic E-state index is 4.04. The van der Waals surface area contributed by atoms with Gasteiger partial charge < -0.3 is 0 Å². The third-order valence-corrected chi connectivity index (χ3v) is 1.88. The molecule has 7 heavy (non-hydrogen) atoms. The van der Waals surface area contributed by atoms with Gasteiger partial charge in [-0.2, -0.15) is 0 Å². The first-order valence-corrected chi connectivity index (χ1v) is 3.04. The van der Waals surface area contributed by atoms with E-state index in [2.05, 4.69) is 16.0 Å². The Morgan fingerprint density at radius 3 is 2.71 bits per heavy atom. The summed E-state index contributed by atoms with van der Waals surface area (Å²) in [6.07, 6.45) is 0. The van der Waals surface area contributed by atoms with E-state index in [0.29, 0.717) is 6.04 Å². The molecule has 0 fully saturated rings. The number of rotatable bonds is 0. The Labute approximate surface area is 47.7 Å². The number of nitrogens with zero attached hydrogens (tertiary/aromatic N) is 1. The van der Waals surface area contributed by atoms with Crippen molar-refractivity contribution in [3.63, 3.8) is 0 Å². The highest BCUT2D eigenvalue weighted by Crippen LogP contribution is 2.08. The van der Waals surface area contributed by atoms with Crippen LogP contribution in [0.3, 0.4) is 0 Å². The molecule has 0 spiro atoms. The predicted molar refractivity (Wildman–Crippen MR) is 33.3 cm³/mol. The van der Waals surface area contributed by atoms with Gasteiger partial charge in [-0.1, -0.05) is 0 Å². The van der Waals surface area contributed by atoms with Gasteiger partial charge >= 0.3 is 0 Å². The minimum Gasteiger partial charge on any atom is -0.236 e. The van der Waals surface area contributed by atoms with Crippen LogP contribution in [0.5, 0.6) is 0 Å². The highest BCUT2D eigenvalue weighted by molar-refractivity contribution is 7.96. The average Bonchev–Trinajstić information content (AvgIpc) is 1.91. The lowest BCUT2D eigenvalue weighted by atomic mass is 10.2. The van der Waals surface area contributed by atoms with Crippen LogP contribution in [0.15, 0.2) is 4.40 Å². The van der Waals surface area contributed by atoms with Crippen LogP contribution in [-0.2, 0) is 0 Å². The Balaban J connectivity index is 2.54. The largest absolute Gasteiger partial charge is 0.236 e. The van der Waals surface area contributed by atoms with E-state index in [0.717, 1.165) is 0 Å². The molecule has 0 aromatic heterocycles. The maximum Gasteiger partial charge on any atom is 0.0592 e. The third-order valence-electron chi connectivity index (χ3n) is 1.05. The molecule has 1 heterocycles. The van der Waals surface area contributed by atoms with Gasteiger partial charge in [-0.3, -0.25) is 0 Å². The molecule has 1 atom stereocenters. The molecule has 40 valence electrons. The smallest absolute Gasteiger partial charge is 0.0592 e. The maximum absolute atomic E-state index is 4.04. The second-order valence-corrected chi connectivity index (χ2v) is 2.26. The predicted octanol–water partition coefficient (Wildman–Crippen LogP) is 1.00. The lowest BCUT2D eigenvalue weighted by molar-refractivity contribution is 0.912. The summed E-state index contributed by atoms with van der Waals surface area (Å²) in [7, 11) is 0.